The maximum atomic E-state index is 13.6. The third-order valence-electron chi connectivity index (χ3n) is 5.89. The van der Waals surface area contributed by atoms with E-state index in [9.17, 15) is 14.0 Å². The van der Waals surface area contributed by atoms with Crippen LogP contribution in [0.2, 0.25) is 5.02 Å². The molecule has 1 saturated heterocycles. The molecular formula is C21H20ClFN6O2S. The van der Waals surface area contributed by atoms with Gasteiger partial charge in [0.05, 0.1) is 16.8 Å². The molecule has 0 aliphatic carbocycles. The van der Waals surface area contributed by atoms with Crippen LogP contribution in [-0.4, -0.2) is 48.7 Å². The molecule has 0 unspecified atom stereocenters. The van der Waals surface area contributed by atoms with Crippen molar-refractivity contribution >= 4 is 40.8 Å². The summed E-state index contributed by atoms with van der Waals surface area (Å²) in [4.78, 5) is 38.5. The number of carbonyl (C=O) groups excluding carboxylic acids is 2. The molecule has 2 aromatic heterocycles. The first kappa shape index (κ1) is 21.0. The quantitative estimate of drug-likeness (QED) is 0.575. The molecule has 166 valence electrons. The number of benzene rings is 1. The minimum absolute atomic E-state index is 0.0202. The second-order valence-electron chi connectivity index (χ2n) is 7.89. The number of aromatic nitrogens is 4. The third-order valence-corrected chi connectivity index (χ3v) is 6.98. The maximum absolute atomic E-state index is 13.6. The molecule has 8 nitrogen and oxygen atoms in total. The van der Waals surface area contributed by atoms with Crippen LogP contribution in [-0.2, 0) is 11.3 Å². The molecule has 5 rings (SSSR count). The highest BCUT2D eigenvalue weighted by atomic mass is 35.5. The zero-order chi connectivity index (χ0) is 22.6. The van der Waals surface area contributed by atoms with Crippen molar-refractivity contribution in [2.45, 2.75) is 39.3 Å². The van der Waals surface area contributed by atoms with Gasteiger partial charge in [0.15, 0.2) is 16.6 Å². The Kier molecular flexibility index (Phi) is 5.21. The van der Waals surface area contributed by atoms with Crippen LogP contribution in [0.15, 0.2) is 18.2 Å². The van der Waals surface area contributed by atoms with E-state index in [4.69, 9.17) is 16.6 Å². The predicted octanol–water partition coefficient (Wildman–Crippen LogP) is 3.85. The van der Waals surface area contributed by atoms with Crippen LogP contribution in [0.3, 0.4) is 0 Å². The van der Waals surface area contributed by atoms with Crippen molar-refractivity contribution in [3.05, 3.63) is 46.1 Å². The Morgan fingerprint density at radius 1 is 1.25 bits per heavy atom. The molecule has 1 atom stereocenters. The Morgan fingerprint density at radius 2 is 2.06 bits per heavy atom. The fourth-order valence-corrected chi connectivity index (χ4v) is 5.19. The van der Waals surface area contributed by atoms with Gasteiger partial charge < -0.3 is 9.47 Å². The second kappa shape index (κ2) is 7.93. The first-order valence-electron chi connectivity index (χ1n) is 10.3. The Labute approximate surface area is 192 Å². The zero-order valence-electron chi connectivity index (χ0n) is 17.5. The molecule has 2 aliphatic rings. The molecule has 0 spiro atoms. The van der Waals surface area contributed by atoms with Crippen molar-refractivity contribution in [2.24, 2.45) is 0 Å². The van der Waals surface area contributed by atoms with E-state index in [2.05, 4.69) is 9.36 Å². The van der Waals surface area contributed by atoms with Crippen molar-refractivity contribution in [1.82, 2.24) is 23.8 Å². The molecule has 32 heavy (non-hydrogen) atoms. The average molecular weight is 475 g/mol. The number of imidazole rings is 1. The lowest BCUT2D eigenvalue weighted by Gasteiger charge is -2.36. The molecule has 1 fully saturated rings. The van der Waals surface area contributed by atoms with Crippen LogP contribution >= 0.6 is 23.1 Å². The lowest BCUT2D eigenvalue weighted by atomic mass is 10.1. The summed E-state index contributed by atoms with van der Waals surface area (Å²) in [6, 6.07) is 3.61. The predicted molar refractivity (Wildman–Crippen MR) is 118 cm³/mol. The number of halogens is 2. The molecule has 3 aromatic rings. The van der Waals surface area contributed by atoms with Gasteiger partial charge in [-0.05, 0) is 50.0 Å². The molecular weight excluding hydrogens is 455 g/mol. The number of carbonyl (C=O) groups is 2. The van der Waals surface area contributed by atoms with E-state index in [1.807, 2.05) is 18.4 Å². The standard InChI is InChI=1S/C21H20ClFN6O2S/c1-11-17-18(28-7-3-4-16(28)30)25-19(20-24-12(2)26-32-20)29(17)9-8-27(11)21(31)13-5-6-15(23)14(22)10-13/h5-6,10-11H,3-4,7-9H2,1-2H3/t11-/m1/s1. The second-order valence-corrected chi connectivity index (χ2v) is 9.05. The minimum atomic E-state index is -0.570. The summed E-state index contributed by atoms with van der Waals surface area (Å²) in [6.45, 7) is 5.24. The van der Waals surface area contributed by atoms with Crippen LogP contribution in [0.25, 0.3) is 10.8 Å². The number of rotatable bonds is 3. The summed E-state index contributed by atoms with van der Waals surface area (Å²) in [5.41, 5.74) is 1.10. The number of hydrogen-bond donors (Lipinski definition) is 0. The van der Waals surface area contributed by atoms with Gasteiger partial charge in [-0.25, -0.2) is 14.4 Å². The smallest absolute Gasteiger partial charge is 0.254 e. The van der Waals surface area contributed by atoms with Gasteiger partial charge >= 0.3 is 0 Å². The van der Waals surface area contributed by atoms with Gasteiger partial charge in [-0.1, -0.05) is 11.6 Å². The van der Waals surface area contributed by atoms with Gasteiger partial charge in [0, 0.05) is 31.6 Å². The van der Waals surface area contributed by atoms with Crippen molar-refractivity contribution in [3.63, 3.8) is 0 Å². The highest BCUT2D eigenvalue weighted by Gasteiger charge is 2.38. The topological polar surface area (TPSA) is 84.2 Å². The van der Waals surface area contributed by atoms with E-state index < -0.39 is 5.82 Å². The van der Waals surface area contributed by atoms with Gasteiger partial charge in [0.2, 0.25) is 5.91 Å². The molecule has 4 heterocycles. The average Bonchev–Trinajstić information content (AvgIpc) is 3.48. The van der Waals surface area contributed by atoms with E-state index in [1.165, 1.54) is 29.7 Å². The van der Waals surface area contributed by atoms with Crippen molar-refractivity contribution in [3.8, 4) is 10.8 Å². The molecule has 2 amide bonds. The highest BCUT2D eigenvalue weighted by molar-refractivity contribution is 7.09. The summed E-state index contributed by atoms with van der Waals surface area (Å²) >= 11 is 7.16. The Hall–Kier alpha value is -2.85. The largest absolute Gasteiger partial charge is 0.328 e. The molecule has 2 aliphatic heterocycles. The summed E-state index contributed by atoms with van der Waals surface area (Å²) in [5.74, 6) is 1.09. The molecule has 0 radical (unpaired) electrons. The van der Waals surface area contributed by atoms with Crippen molar-refractivity contribution in [2.75, 3.05) is 18.0 Å². The van der Waals surface area contributed by atoms with E-state index in [-0.39, 0.29) is 22.9 Å². The fraction of sp³-hybridized carbons (Fsp3) is 0.381. The Balaban J connectivity index is 1.58. The normalized spacial score (nSPS) is 18.4. The van der Waals surface area contributed by atoms with Gasteiger partial charge in [0.1, 0.15) is 11.6 Å². The van der Waals surface area contributed by atoms with Crippen LogP contribution in [0.1, 0.15) is 47.7 Å². The number of nitrogens with zero attached hydrogens (tertiary/aromatic N) is 6. The molecule has 0 N–H and O–H groups in total. The zero-order valence-corrected chi connectivity index (χ0v) is 19.1. The third kappa shape index (κ3) is 3.38. The summed E-state index contributed by atoms with van der Waals surface area (Å²) in [5, 5.41) is 0.585. The van der Waals surface area contributed by atoms with Crippen molar-refractivity contribution in [1.29, 1.82) is 0 Å². The summed E-state index contributed by atoms with van der Waals surface area (Å²) < 4.78 is 19.9. The van der Waals surface area contributed by atoms with Gasteiger partial charge in [0.25, 0.3) is 5.91 Å². The number of anilines is 1. The van der Waals surface area contributed by atoms with Gasteiger partial charge in [-0.2, -0.15) is 4.37 Å². The Bertz CT molecular complexity index is 1240. The summed E-state index contributed by atoms with van der Waals surface area (Å²) in [7, 11) is 0. The molecule has 1 aromatic carbocycles. The Morgan fingerprint density at radius 3 is 2.72 bits per heavy atom. The summed E-state index contributed by atoms with van der Waals surface area (Å²) in [6.07, 6.45) is 1.24. The lowest BCUT2D eigenvalue weighted by molar-refractivity contribution is -0.117. The number of amides is 2. The lowest BCUT2D eigenvalue weighted by Crippen LogP contribution is -2.42. The molecule has 0 saturated carbocycles. The number of fused-ring (bicyclic) bond motifs is 1. The van der Waals surface area contributed by atoms with Crippen LogP contribution in [0, 0.1) is 12.7 Å². The minimum Gasteiger partial charge on any atom is -0.328 e. The monoisotopic (exact) mass is 474 g/mol. The molecule has 11 heteroatoms. The SMILES string of the molecule is Cc1nsc(-c2nc(N3CCCC3=O)c3n2CCN(C(=O)c2ccc(F)c(Cl)c2)[C@@H]3C)n1. The maximum Gasteiger partial charge on any atom is 0.254 e. The van der Waals surface area contributed by atoms with E-state index in [1.54, 1.807) is 9.80 Å². The first-order chi connectivity index (χ1) is 15.3. The number of aryl methyl sites for hydroxylation is 1. The molecule has 0 bridgehead atoms. The highest BCUT2D eigenvalue weighted by Crippen LogP contribution is 2.39. The van der Waals surface area contributed by atoms with Crippen LogP contribution < -0.4 is 4.90 Å². The fourth-order valence-electron chi connectivity index (χ4n) is 4.33. The van der Waals surface area contributed by atoms with Crippen LogP contribution in [0.5, 0.6) is 0 Å². The van der Waals surface area contributed by atoms with Gasteiger partial charge in [-0.3, -0.25) is 14.5 Å². The van der Waals surface area contributed by atoms with Crippen molar-refractivity contribution < 1.29 is 14.0 Å². The van der Waals surface area contributed by atoms with E-state index >= 15 is 0 Å². The van der Waals surface area contributed by atoms with E-state index in [0.29, 0.717) is 54.1 Å². The first-order valence-corrected chi connectivity index (χ1v) is 11.5. The number of hydrogen-bond acceptors (Lipinski definition) is 6. The van der Waals surface area contributed by atoms with E-state index in [0.717, 1.165) is 12.1 Å². The van der Waals surface area contributed by atoms with Crippen LogP contribution in [0.4, 0.5) is 10.2 Å². The van der Waals surface area contributed by atoms with Gasteiger partial charge in [-0.15, -0.1) is 0 Å².